The minimum atomic E-state index is -1.03. The Labute approximate surface area is 291 Å². The quantitative estimate of drug-likeness (QED) is 0.157. The number of hydrogen-bond acceptors (Lipinski definition) is 10. The number of aromatic nitrogens is 1. The monoisotopic (exact) mass is 704 g/mol. The van der Waals surface area contributed by atoms with Crippen LogP contribution in [0.5, 0.6) is 0 Å². The number of carbonyl (C=O) groups is 2. The van der Waals surface area contributed by atoms with Gasteiger partial charge in [-0.05, 0) is 62.3 Å². The number of rotatable bonds is 5. The molecule has 8 rings (SSSR count). The van der Waals surface area contributed by atoms with Crippen molar-refractivity contribution in [2.75, 3.05) is 33.1 Å². The van der Waals surface area contributed by atoms with Crippen LogP contribution in [0.25, 0.3) is 20.8 Å². The summed E-state index contributed by atoms with van der Waals surface area (Å²) in [6.07, 6.45) is 1.72. The van der Waals surface area contributed by atoms with E-state index in [9.17, 15) is 9.59 Å². The van der Waals surface area contributed by atoms with Crippen LogP contribution in [-0.4, -0.2) is 74.2 Å². The lowest BCUT2D eigenvalue weighted by atomic mass is 9.58. The summed E-state index contributed by atoms with van der Waals surface area (Å²) < 4.78 is 21.1. The van der Waals surface area contributed by atoms with Crippen molar-refractivity contribution in [2.24, 2.45) is 23.7 Å². The van der Waals surface area contributed by atoms with Gasteiger partial charge in [-0.15, -0.1) is 23.7 Å². The SMILES string of the molecule is CN(C)c1ccc2nc3ccc(=[N+](C)C)cc-3sc2c1.C[C@H]1[C@H](OC(=O)CCC(=O)O)O[C@@H]2O[C@@]3(C)CC[C@H]4[C@H](C)CC[C@@H]1[C@@]24OO3.Cl. The number of fused-ring (bicyclic) bond motifs is 4. The lowest BCUT2D eigenvalue weighted by Crippen LogP contribution is -2.70. The molecule has 8 atom stereocenters. The van der Waals surface area contributed by atoms with E-state index >= 15 is 0 Å². The van der Waals surface area contributed by atoms with Gasteiger partial charge >= 0.3 is 11.9 Å². The first-order valence-electron chi connectivity index (χ1n) is 16.4. The van der Waals surface area contributed by atoms with Crippen LogP contribution in [0.3, 0.4) is 0 Å². The predicted octanol–water partition coefficient (Wildman–Crippen LogP) is 5.52. The van der Waals surface area contributed by atoms with E-state index in [0.29, 0.717) is 12.3 Å². The topological polar surface area (TPSA) is 120 Å². The standard InChI is InChI=1S/C19H28O8.C16H18N3S.ClH/c1-10-4-5-13-11(2)16(23-15(22)7-6-14(20)21)24-17-19(13)12(10)8-9-18(3,25-17)26-27-19;1-18(2)11-5-7-13-15(9-11)20-16-10-12(19(3)4)6-8-14(16)17-13;/h10-13,16-17H,4-9H2,1-3H3,(H,20,21);5-10H,1-4H3;1H/q;+1;/t10-,11-,12+,13+,16-,17-,18-,19-;;/m1../s1. The Balaban J connectivity index is 0.000000192. The number of anilines is 1. The van der Waals surface area contributed by atoms with Crippen LogP contribution < -0.4 is 14.8 Å². The summed E-state index contributed by atoms with van der Waals surface area (Å²) in [6, 6.07) is 12.8. The highest BCUT2D eigenvalue weighted by Crippen LogP contribution is 2.60. The van der Waals surface area contributed by atoms with Crippen molar-refractivity contribution in [3.8, 4) is 10.6 Å². The fourth-order valence-electron chi connectivity index (χ4n) is 7.56. The molecule has 2 aliphatic carbocycles. The highest BCUT2D eigenvalue weighted by Gasteiger charge is 2.69. The number of carboxylic acids is 1. The minimum absolute atomic E-state index is 0. The Bertz CT molecular complexity index is 1700. The molecular formula is C35H47ClN3O8S+. The predicted molar refractivity (Wildman–Crippen MR) is 185 cm³/mol. The molecule has 0 unspecified atom stereocenters. The van der Waals surface area contributed by atoms with Crippen LogP contribution in [0.15, 0.2) is 36.4 Å². The van der Waals surface area contributed by atoms with Gasteiger partial charge in [0.2, 0.25) is 17.4 Å². The first-order valence-corrected chi connectivity index (χ1v) is 17.2. The van der Waals surface area contributed by atoms with Crippen LogP contribution in [0.4, 0.5) is 5.69 Å². The average molecular weight is 705 g/mol. The largest absolute Gasteiger partial charge is 0.481 e. The molecular weight excluding hydrogens is 658 g/mol. The van der Waals surface area contributed by atoms with E-state index in [2.05, 4.69) is 81.0 Å². The molecule has 0 amide bonds. The number of carbonyl (C=O) groups excluding carboxylic acids is 1. The molecule has 2 bridgehead atoms. The smallest absolute Gasteiger partial charge is 0.308 e. The summed E-state index contributed by atoms with van der Waals surface area (Å²) in [7, 11) is 8.24. The maximum atomic E-state index is 12.1. The molecule has 1 saturated carbocycles. The van der Waals surface area contributed by atoms with Crippen molar-refractivity contribution in [1.82, 2.24) is 9.56 Å². The molecule has 0 aromatic heterocycles. The zero-order chi connectivity index (χ0) is 33.7. The molecule has 1 N–H and O–H groups in total. The van der Waals surface area contributed by atoms with Crippen molar-refractivity contribution in [1.29, 1.82) is 0 Å². The number of carboxylic acid groups (broad SMARTS) is 1. The highest BCUT2D eigenvalue weighted by atomic mass is 35.5. The number of esters is 1. The Morgan fingerprint density at radius 1 is 1.06 bits per heavy atom. The maximum Gasteiger partial charge on any atom is 0.308 e. The Morgan fingerprint density at radius 2 is 1.83 bits per heavy atom. The minimum Gasteiger partial charge on any atom is -0.481 e. The molecule has 48 heavy (non-hydrogen) atoms. The van der Waals surface area contributed by atoms with Gasteiger partial charge in [-0.2, -0.15) is 0 Å². The summed E-state index contributed by atoms with van der Waals surface area (Å²) in [5.41, 5.74) is 2.63. The van der Waals surface area contributed by atoms with Crippen molar-refractivity contribution >= 4 is 51.6 Å². The molecule has 1 aromatic rings. The van der Waals surface area contributed by atoms with Crippen LogP contribution in [0.1, 0.15) is 59.3 Å². The van der Waals surface area contributed by atoms with E-state index in [-0.39, 0.29) is 43.0 Å². The van der Waals surface area contributed by atoms with E-state index in [1.165, 1.54) is 20.6 Å². The molecule has 0 radical (unpaired) electrons. The van der Waals surface area contributed by atoms with E-state index in [1.54, 1.807) is 11.3 Å². The summed E-state index contributed by atoms with van der Waals surface area (Å²) in [4.78, 5) is 42.6. The van der Waals surface area contributed by atoms with Gasteiger partial charge in [0.25, 0.3) is 0 Å². The zero-order valence-electron chi connectivity index (χ0n) is 28.6. The Hall–Kier alpha value is -2.87. The fraction of sp³-hybridized carbons (Fsp3) is 0.600. The Kier molecular flexibility index (Phi) is 10.7. The van der Waals surface area contributed by atoms with Gasteiger partial charge in [0.1, 0.15) is 14.1 Å². The summed E-state index contributed by atoms with van der Waals surface area (Å²) in [5, 5.41) is 9.96. The molecule has 11 nitrogen and oxygen atoms in total. The molecule has 4 saturated heterocycles. The number of benzene rings is 2. The van der Waals surface area contributed by atoms with Gasteiger partial charge in [-0.3, -0.25) is 9.59 Å². The molecule has 5 fully saturated rings. The third-order valence-electron chi connectivity index (χ3n) is 10.3. The van der Waals surface area contributed by atoms with Crippen molar-refractivity contribution in [3.63, 3.8) is 0 Å². The molecule has 13 heteroatoms. The first-order chi connectivity index (χ1) is 22.3. The zero-order valence-corrected chi connectivity index (χ0v) is 30.3. The number of aliphatic carboxylic acids is 1. The number of hydrogen-bond donors (Lipinski definition) is 1. The van der Waals surface area contributed by atoms with Gasteiger partial charge in [0.15, 0.2) is 11.9 Å². The first kappa shape index (κ1) is 36.4. The summed E-state index contributed by atoms with van der Waals surface area (Å²) in [6.45, 7) is 6.06. The van der Waals surface area contributed by atoms with Crippen LogP contribution in [0, 0.1) is 23.7 Å². The molecule has 5 heterocycles. The van der Waals surface area contributed by atoms with Crippen molar-refractivity contribution in [2.45, 2.75) is 83.3 Å². The third kappa shape index (κ3) is 6.93. The van der Waals surface area contributed by atoms with Gasteiger partial charge in [0, 0.05) is 50.2 Å². The third-order valence-corrected chi connectivity index (χ3v) is 11.4. The lowest BCUT2D eigenvalue weighted by molar-refractivity contribution is -0.576. The van der Waals surface area contributed by atoms with Gasteiger partial charge < -0.3 is 24.2 Å². The van der Waals surface area contributed by atoms with Crippen LogP contribution >= 0.6 is 23.7 Å². The van der Waals surface area contributed by atoms with E-state index in [4.69, 9.17) is 34.1 Å². The normalized spacial score (nSPS) is 31.8. The summed E-state index contributed by atoms with van der Waals surface area (Å²) >= 11 is 1.80. The fourth-order valence-corrected chi connectivity index (χ4v) is 8.60. The van der Waals surface area contributed by atoms with E-state index in [1.807, 2.05) is 13.8 Å². The van der Waals surface area contributed by atoms with Crippen LogP contribution in [0.2, 0.25) is 0 Å². The van der Waals surface area contributed by atoms with E-state index < -0.39 is 35.9 Å². The lowest BCUT2D eigenvalue weighted by Gasteiger charge is -2.59. The van der Waals surface area contributed by atoms with Gasteiger partial charge in [-0.1, -0.05) is 13.8 Å². The second kappa shape index (κ2) is 14.2. The summed E-state index contributed by atoms with van der Waals surface area (Å²) in [5.74, 6) is -1.82. The van der Waals surface area contributed by atoms with Gasteiger partial charge in [0.05, 0.1) is 33.6 Å². The maximum absolute atomic E-state index is 12.1. The molecule has 7 aliphatic rings. The molecule has 1 aromatic carbocycles. The van der Waals surface area contributed by atoms with Crippen molar-refractivity contribution < 1.29 is 38.7 Å². The molecule has 5 aliphatic heterocycles. The highest BCUT2D eigenvalue weighted by molar-refractivity contribution is 7.21. The number of nitrogens with zero attached hydrogens (tertiary/aromatic N) is 3. The van der Waals surface area contributed by atoms with Crippen molar-refractivity contribution in [3.05, 3.63) is 41.8 Å². The average Bonchev–Trinajstić information content (AvgIpc) is 3.26. The number of halogens is 1. The second-order valence-electron chi connectivity index (χ2n) is 14.0. The molecule has 262 valence electrons. The number of ether oxygens (including phenoxy) is 3. The second-order valence-corrected chi connectivity index (χ2v) is 15.0. The Morgan fingerprint density at radius 3 is 2.54 bits per heavy atom. The van der Waals surface area contributed by atoms with E-state index in [0.717, 1.165) is 30.5 Å². The van der Waals surface area contributed by atoms with Gasteiger partial charge in [-0.25, -0.2) is 19.3 Å². The molecule has 1 spiro atoms. The van der Waals surface area contributed by atoms with Crippen LogP contribution in [-0.2, 0) is 33.6 Å².